The molecule has 23 heavy (non-hydrogen) atoms. The smallest absolute Gasteiger partial charge is 0.331 e. The predicted molar refractivity (Wildman–Crippen MR) is 89.9 cm³/mol. The van der Waals surface area contributed by atoms with E-state index in [0.29, 0.717) is 18.4 Å². The Bertz CT molecular complexity index is 686. The molecule has 2 aromatic rings. The van der Waals surface area contributed by atoms with Crippen LogP contribution < -0.4 is 0 Å². The molecule has 3 nitrogen and oxygen atoms in total. The van der Waals surface area contributed by atoms with Crippen molar-refractivity contribution in [3.05, 3.63) is 71.3 Å². The highest BCUT2D eigenvalue weighted by Crippen LogP contribution is 2.31. The molecule has 2 aromatic carbocycles. The van der Waals surface area contributed by atoms with E-state index in [1.807, 2.05) is 61.5 Å². The fourth-order valence-corrected chi connectivity index (χ4v) is 2.60. The summed E-state index contributed by atoms with van der Waals surface area (Å²) in [5, 5.41) is 9.82. The summed E-state index contributed by atoms with van der Waals surface area (Å²) < 4.78 is 5.21. The lowest BCUT2D eigenvalue weighted by Gasteiger charge is -2.25. The Balaban J connectivity index is 2.35. The molecule has 0 spiro atoms. The normalized spacial score (nSPS) is 12.9. The zero-order valence-corrected chi connectivity index (χ0v) is 13.6. The Morgan fingerprint density at radius 3 is 2.35 bits per heavy atom. The minimum absolute atomic E-state index is 0.263. The maximum atomic E-state index is 12.6. The fourth-order valence-electron chi connectivity index (χ4n) is 2.60. The van der Waals surface area contributed by atoms with Gasteiger partial charge in [-0.2, -0.15) is 5.26 Å². The Morgan fingerprint density at radius 2 is 1.78 bits per heavy atom. The van der Waals surface area contributed by atoms with Crippen molar-refractivity contribution in [2.24, 2.45) is 0 Å². The van der Waals surface area contributed by atoms with Gasteiger partial charge in [-0.3, -0.25) is 0 Å². The van der Waals surface area contributed by atoms with Gasteiger partial charge in [-0.05, 0) is 37.8 Å². The Kier molecular flexibility index (Phi) is 5.54. The van der Waals surface area contributed by atoms with Crippen LogP contribution >= 0.6 is 0 Å². The van der Waals surface area contributed by atoms with Crippen LogP contribution in [0.3, 0.4) is 0 Å². The largest absolute Gasteiger partial charge is 0.465 e. The number of hydrogen-bond acceptors (Lipinski definition) is 3. The van der Waals surface area contributed by atoms with E-state index in [1.165, 1.54) is 0 Å². The monoisotopic (exact) mass is 307 g/mol. The summed E-state index contributed by atoms with van der Waals surface area (Å²) in [6, 6.07) is 19.6. The molecular weight excluding hydrogens is 286 g/mol. The molecule has 0 radical (unpaired) electrons. The Morgan fingerprint density at radius 1 is 1.13 bits per heavy atom. The molecule has 0 saturated carbocycles. The molecule has 118 valence electrons. The molecule has 1 unspecified atom stereocenters. The van der Waals surface area contributed by atoms with Crippen molar-refractivity contribution in [2.45, 2.75) is 32.1 Å². The number of nitriles is 1. The fraction of sp³-hybridized carbons (Fsp3) is 0.300. The first-order valence-corrected chi connectivity index (χ1v) is 7.82. The third-order valence-electron chi connectivity index (χ3n) is 3.99. The lowest BCUT2D eigenvalue weighted by Crippen LogP contribution is -2.36. The molecule has 0 aromatic heterocycles. The van der Waals surface area contributed by atoms with E-state index < -0.39 is 11.4 Å². The van der Waals surface area contributed by atoms with E-state index >= 15 is 0 Å². The van der Waals surface area contributed by atoms with Gasteiger partial charge < -0.3 is 4.74 Å². The van der Waals surface area contributed by atoms with E-state index in [-0.39, 0.29) is 6.61 Å². The van der Waals surface area contributed by atoms with Crippen LogP contribution in [0.15, 0.2) is 54.6 Å². The van der Waals surface area contributed by atoms with Gasteiger partial charge in [-0.15, -0.1) is 0 Å². The highest BCUT2D eigenvalue weighted by Gasteiger charge is 2.41. The average molecular weight is 307 g/mol. The van der Waals surface area contributed by atoms with Crippen LogP contribution in [0.1, 0.15) is 30.0 Å². The van der Waals surface area contributed by atoms with Gasteiger partial charge in [0, 0.05) is 0 Å². The molecule has 0 aliphatic carbocycles. The van der Waals surface area contributed by atoms with Crippen LogP contribution in [-0.4, -0.2) is 12.6 Å². The molecular formula is C20H21NO2. The third-order valence-corrected chi connectivity index (χ3v) is 3.99. The predicted octanol–water partition coefficient (Wildman–Crippen LogP) is 3.95. The number of nitrogens with zero attached hydrogens (tertiary/aromatic N) is 1. The molecule has 3 heteroatoms. The molecule has 0 fully saturated rings. The summed E-state index contributed by atoms with van der Waals surface area (Å²) in [6.07, 6.45) is 1.04. The molecule has 0 bridgehead atoms. The number of ether oxygens (including phenoxy) is 1. The first-order chi connectivity index (χ1) is 11.1. The number of rotatable bonds is 6. The van der Waals surface area contributed by atoms with Crippen molar-refractivity contribution in [1.82, 2.24) is 0 Å². The van der Waals surface area contributed by atoms with E-state index in [0.717, 1.165) is 11.1 Å². The molecule has 0 amide bonds. The standard InChI is InChI=1S/C20H21NO2/c1-3-23-19(22)20(15-21,18-11-9-16(2)10-12-18)14-13-17-7-5-4-6-8-17/h4-12H,3,13-14H2,1-2H3. The summed E-state index contributed by atoms with van der Waals surface area (Å²) >= 11 is 0. The number of esters is 1. The third kappa shape index (κ3) is 3.78. The zero-order chi connectivity index (χ0) is 16.7. The Labute approximate surface area is 137 Å². The number of carbonyl (C=O) groups excluding carboxylic acids is 1. The van der Waals surface area contributed by atoms with E-state index in [9.17, 15) is 10.1 Å². The topological polar surface area (TPSA) is 50.1 Å². The van der Waals surface area contributed by atoms with Gasteiger partial charge in [0.2, 0.25) is 0 Å². The van der Waals surface area contributed by atoms with Crippen molar-refractivity contribution in [1.29, 1.82) is 5.26 Å². The molecule has 2 rings (SSSR count). The van der Waals surface area contributed by atoms with E-state index in [2.05, 4.69) is 6.07 Å². The number of aryl methyl sites for hydroxylation is 2. The van der Waals surface area contributed by atoms with Crippen LogP contribution in [0.5, 0.6) is 0 Å². The minimum Gasteiger partial charge on any atom is -0.465 e. The summed E-state index contributed by atoms with van der Waals surface area (Å²) in [5.74, 6) is -0.470. The van der Waals surface area contributed by atoms with Gasteiger partial charge in [-0.1, -0.05) is 60.2 Å². The lowest BCUT2D eigenvalue weighted by molar-refractivity contribution is -0.148. The second-order valence-electron chi connectivity index (χ2n) is 5.59. The summed E-state index contributed by atoms with van der Waals surface area (Å²) in [7, 11) is 0. The molecule has 0 saturated heterocycles. The SMILES string of the molecule is CCOC(=O)C(C#N)(CCc1ccccc1)c1ccc(C)cc1. The van der Waals surface area contributed by atoms with Crippen LogP contribution in [-0.2, 0) is 21.4 Å². The highest BCUT2D eigenvalue weighted by atomic mass is 16.5. The number of hydrogen-bond donors (Lipinski definition) is 0. The van der Waals surface area contributed by atoms with Crippen molar-refractivity contribution in [3.8, 4) is 6.07 Å². The second-order valence-corrected chi connectivity index (χ2v) is 5.59. The molecule has 1 atom stereocenters. The minimum atomic E-state index is -1.26. The van der Waals surface area contributed by atoms with Crippen molar-refractivity contribution >= 4 is 5.97 Å². The van der Waals surface area contributed by atoms with Gasteiger partial charge in [-0.25, -0.2) is 4.79 Å². The van der Waals surface area contributed by atoms with Crippen molar-refractivity contribution in [3.63, 3.8) is 0 Å². The lowest BCUT2D eigenvalue weighted by atomic mass is 9.77. The molecule has 0 heterocycles. The number of carbonyl (C=O) groups is 1. The summed E-state index contributed by atoms with van der Waals surface area (Å²) in [6.45, 7) is 4.00. The maximum Gasteiger partial charge on any atom is 0.331 e. The average Bonchev–Trinajstić information content (AvgIpc) is 2.58. The van der Waals surface area contributed by atoms with Gasteiger partial charge in [0.05, 0.1) is 12.7 Å². The second kappa shape index (κ2) is 7.60. The summed E-state index contributed by atoms with van der Waals surface area (Å²) in [4.78, 5) is 12.6. The van der Waals surface area contributed by atoms with Crippen LogP contribution in [0.2, 0.25) is 0 Å². The van der Waals surface area contributed by atoms with E-state index in [1.54, 1.807) is 6.92 Å². The van der Waals surface area contributed by atoms with Gasteiger partial charge in [0.15, 0.2) is 5.41 Å². The summed E-state index contributed by atoms with van der Waals surface area (Å²) in [5.41, 5.74) is 1.62. The quantitative estimate of drug-likeness (QED) is 0.759. The van der Waals surface area contributed by atoms with Crippen molar-refractivity contribution in [2.75, 3.05) is 6.61 Å². The van der Waals surface area contributed by atoms with Gasteiger partial charge in [0.1, 0.15) is 0 Å². The van der Waals surface area contributed by atoms with Gasteiger partial charge >= 0.3 is 5.97 Å². The van der Waals surface area contributed by atoms with Gasteiger partial charge in [0.25, 0.3) is 0 Å². The maximum absolute atomic E-state index is 12.6. The zero-order valence-electron chi connectivity index (χ0n) is 13.6. The van der Waals surface area contributed by atoms with E-state index in [4.69, 9.17) is 4.74 Å². The van der Waals surface area contributed by atoms with Crippen molar-refractivity contribution < 1.29 is 9.53 Å². The Hall–Kier alpha value is -2.60. The highest BCUT2D eigenvalue weighted by molar-refractivity contribution is 5.86. The van der Waals surface area contributed by atoms with Crippen LogP contribution in [0.25, 0.3) is 0 Å². The van der Waals surface area contributed by atoms with Crippen LogP contribution in [0, 0.1) is 18.3 Å². The number of benzene rings is 2. The molecule has 0 aliphatic heterocycles. The first-order valence-electron chi connectivity index (χ1n) is 7.82. The van der Waals surface area contributed by atoms with Crippen LogP contribution in [0.4, 0.5) is 0 Å². The molecule has 0 aliphatic rings. The first kappa shape index (κ1) is 16.8. The molecule has 0 N–H and O–H groups in total.